The Morgan fingerprint density at radius 1 is 1.10 bits per heavy atom. The van der Waals surface area contributed by atoms with Crippen molar-refractivity contribution in [3.8, 4) is 11.5 Å². The average Bonchev–Trinajstić information content (AvgIpc) is 2.71. The van der Waals surface area contributed by atoms with Crippen molar-refractivity contribution in [1.29, 1.82) is 0 Å². The molecule has 3 rings (SSSR count). The van der Waals surface area contributed by atoms with Crippen molar-refractivity contribution in [1.82, 2.24) is 4.90 Å². The Kier molecular flexibility index (Phi) is 6.64. The summed E-state index contributed by atoms with van der Waals surface area (Å²) in [5.41, 5.74) is 1.87. The molecule has 0 aliphatic carbocycles. The summed E-state index contributed by atoms with van der Waals surface area (Å²) in [6.45, 7) is 2.21. The number of carbonyl (C=O) groups is 1. The third-order valence-corrected chi connectivity index (χ3v) is 4.41. The lowest BCUT2D eigenvalue weighted by Gasteiger charge is -2.25. The Bertz CT molecular complexity index is 837. The van der Waals surface area contributed by atoms with E-state index in [1.54, 1.807) is 29.2 Å². The van der Waals surface area contributed by atoms with Gasteiger partial charge in [-0.05, 0) is 30.7 Å². The average molecular weight is 409 g/mol. The Hall–Kier alpha value is -2.74. The van der Waals surface area contributed by atoms with Gasteiger partial charge in [0.2, 0.25) is 0 Å². The molecule has 2 aromatic rings. The quantitative estimate of drug-likeness (QED) is 0.688. The van der Waals surface area contributed by atoms with E-state index >= 15 is 0 Å². The van der Waals surface area contributed by atoms with Crippen molar-refractivity contribution >= 4 is 5.91 Å². The molecule has 156 valence electrons. The number of nitrogens with zero attached hydrogens (tertiary/aromatic N) is 1. The summed E-state index contributed by atoms with van der Waals surface area (Å²) in [4.78, 5) is 14.5. The van der Waals surface area contributed by atoms with Crippen LogP contribution in [0.15, 0.2) is 42.5 Å². The second kappa shape index (κ2) is 9.17. The van der Waals surface area contributed by atoms with E-state index in [0.29, 0.717) is 48.9 Å². The van der Waals surface area contributed by atoms with Gasteiger partial charge in [0, 0.05) is 24.2 Å². The summed E-state index contributed by atoms with van der Waals surface area (Å²) in [5.74, 6) is 1.15. The maximum atomic E-state index is 12.9. The molecule has 0 atom stereocenters. The maximum Gasteiger partial charge on any atom is 0.411 e. The molecule has 1 heterocycles. The number of hydrogen-bond acceptors (Lipinski definition) is 4. The van der Waals surface area contributed by atoms with Gasteiger partial charge in [-0.2, -0.15) is 13.2 Å². The predicted octanol–water partition coefficient (Wildman–Crippen LogP) is 4.20. The molecule has 8 heteroatoms. The molecular formula is C21H22F3NO4. The SMILES string of the molecule is CCN(Cc1cccc2c1OCCO2)C(=O)c1ccc(COCC(F)(F)F)cc1. The van der Waals surface area contributed by atoms with E-state index in [1.165, 1.54) is 0 Å². The molecule has 2 aromatic carbocycles. The largest absolute Gasteiger partial charge is 0.486 e. The first kappa shape index (κ1) is 21.0. The number of alkyl halides is 3. The molecule has 0 saturated heterocycles. The van der Waals surface area contributed by atoms with Crippen LogP contribution in [-0.4, -0.2) is 43.3 Å². The number of rotatable bonds is 7. The molecule has 0 spiro atoms. The molecule has 0 radical (unpaired) electrons. The van der Waals surface area contributed by atoms with Crippen molar-refractivity contribution in [2.75, 3.05) is 26.4 Å². The third-order valence-electron chi connectivity index (χ3n) is 4.41. The predicted molar refractivity (Wildman–Crippen MR) is 100.0 cm³/mol. The first-order valence-corrected chi connectivity index (χ1v) is 9.27. The first-order valence-electron chi connectivity index (χ1n) is 9.27. The minimum absolute atomic E-state index is 0.168. The third kappa shape index (κ3) is 5.63. The number of halogens is 3. The molecule has 1 aliphatic heterocycles. The fourth-order valence-electron chi connectivity index (χ4n) is 3.00. The zero-order chi connectivity index (χ0) is 20.9. The maximum absolute atomic E-state index is 12.9. The lowest BCUT2D eigenvalue weighted by Crippen LogP contribution is -2.31. The highest BCUT2D eigenvalue weighted by atomic mass is 19.4. The highest BCUT2D eigenvalue weighted by Gasteiger charge is 2.27. The summed E-state index contributed by atoms with van der Waals surface area (Å²) in [6, 6.07) is 12.0. The fourth-order valence-corrected chi connectivity index (χ4v) is 3.00. The highest BCUT2D eigenvalue weighted by Crippen LogP contribution is 2.34. The molecule has 0 saturated carbocycles. The fraction of sp³-hybridized carbons (Fsp3) is 0.381. The van der Waals surface area contributed by atoms with Crippen LogP contribution in [0.1, 0.15) is 28.4 Å². The minimum atomic E-state index is -4.36. The van der Waals surface area contributed by atoms with E-state index in [0.717, 1.165) is 5.56 Å². The Morgan fingerprint density at radius 2 is 1.83 bits per heavy atom. The van der Waals surface area contributed by atoms with Gasteiger partial charge in [-0.15, -0.1) is 0 Å². The Labute approximate surface area is 167 Å². The number of para-hydroxylation sites is 1. The second-order valence-corrected chi connectivity index (χ2v) is 6.57. The summed E-state index contributed by atoms with van der Waals surface area (Å²) in [6.07, 6.45) is -4.36. The molecule has 0 unspecified atom stereocenters. The van der Waals surface area contributed by atoms with Crippen LogP contribution < -0.4 is 9.47 Å². The van der Waals surface area contributed by atoms with E-state index in [-0.39, 0.29) is 12.5 Å². The summed E-state index contributed by atoms with van der Waals surface area (Å²) < 4.78 is 52.4. The van der Waals surface area contributed by atoms with Crippen molar-refractivity contribution in [2.45, 2.75) is 26.3 Å². The number of carbonyl (C=O) groups excluding carboxylic acids is 1. The minimum Gasteiger partial charge on any atom is -0.486 e. The van der Waals surface area contributed by atoms with E-state index in [1.807, 2.05) is 25.1 Å². The number of amides is 1. The molecule has 0 fully saturated rings. The number of benzene rings is 2. The van der Waals surface area contributed by atoms with Gasteiger partial charge in [0.15, 0.2) is 11.5 Å². The smallest absolute Gasteiger partial charge is 0.411 e. The standard InChI is InChI=1S/C21H22F3NO4/c1-2-25(12-17-4-3-5-18-19(17)29-11-10-28-18)20(26)16-8-6-15(7-9-16)13-27-14-21(22,23)24/h3-9H,2,10-14H2,1H3. The zero-order valence-corrected chi connectivity index (χ0v) is 16.0. The van der Waals surface area contributed by atoms with Crippen LogP contribution >= 0.6 is 0 Å². The normalized spacial score (nSPS) is 13.2. The molecule has 1 amide bonds. The zero-order valence-electron chi connectivity index (χ0n) is 16.0. The Balaban J connectivity index is 1.65. The number of hydrogen-bond donors (Lipinski definition) is 0. The van der Waals surface area contributed by atoms with E-state index in [2.05, 4.69) is 4.74 Å². The van der Waals surface area contributed by atoms with E-state index in [4.69, 9.17) is 9.47 Å². The molecular weight excluding hydrogens is 387 g/mol. The van der Waals surface area contributed by atoms with Crippen LogP contribution in [0, 0.1) is 0 Å². The highest BCUT2D eigenvalue weighted by molar-refractivity contribution is 5.94. The summed E-state index contributed by atoms with van der Waals surface area (Å²) in [7, 11) is 0. The van der Waals surface area contributed by atoms with Crippen molar-refractivity contribution < 1.29 is 32.2 Å². The first-order chi connectivity index (χ1) is 13.9. The lowest BCUT2D eigenvalue weighted by atomic mass is 10.1. The monoisotopic (exact) mass is 409 g/mol. The van der Waals surface area contributed by atoms with Gasteiger partial charge in [0.25, 0.3) is 5.91 Å². The van der Waals surface area contributed by atoms with Gasteiger partial charge in [0.1, 0.15) is 19.8 Å². The van der Waals surface area contributed by atoms with Crippen LogP contribution in [-0.2, 0) is 17.9 Å². The van der Waals surface area contributed by atoms with Crippen molar-refractivity contribution in [2.24, 2.45) is 0 Å². The van der Waals surface area contributed by atoms with Crippen molar-refractivity contribution in [3.63, 3.8) is 0 Å². The summed E-state index contributed by atoms with van der Waals surface area (Å²) in [5, 5.41) is 0. The molecule has 0 aromatic heterocycles. The van der Waals surface area contributed by atoms with Crippen LogP contribution in [0.5, 0.6) is 11.5 Å². The van der Waals surface area contributed by atoms with E-state index in [9.17, 15) is 18.0 Å². The van der Waals surface area contributed by atoms with Crippen LogP contribution in [0.25, 0.3) is 0 Å². The Morgan fingerprint density at radius 3 is 2.52 bits per heavy atom. The van der Waals surface area contributed by atoms with Gasteiger partial charge in [-0.3, -0.25) is 4.79 Å². The van der Waals surface area contributed by atoms with Crippen LogP contribution in [0.4, 0.5) is 13.2 Å². The number of ether oxygens (including phenoxy) is 3. The molecule has 0 bridgehead atoms. The lowest BCUT2D eigenvalue weighted by molar-refractivity contribution is -0.176. The van der Waals surface area contributed by atoms with Gasteiger partial charge < -0.3 is 19.1 Å². The molecule has 1 aliphatic rings. The van der Waals surface area contributed by atoms with Crippen LogP contribution in [0.3, 0.4) is 0 Å². The van der Waals surface area contributed by atoms with Crippen LogP contribution in [0.2, 0.25) is 0 Å². The molecule has 0 N–H and O–H groups in total. The van der Waals surface area contributed by atoms with Gasteiger partial charge in [0.05, 0.1) is 6.61 Å². The van der Waals surface area contributed by atoms with Gasteiger partial charge in [-0.25, -0.2) is 0 Å². The summed E-state index contributed by atoms with van der Waals surface area (Å²) >= 11 is 0. The molecule has 29 heavy (non-hydrogen) atoms. The van der Waals surface area contributed by atoms with Gasteiger partial charge >= 0.3 is 6.18 Å². The van der Waals surface area contributed by atoms with Crippen molar-refractivity contribution in [3.05, 3.63) is 59.2 Å². The number of fused-ring (bicyclic) bond motifs is 1. The second-order valence-electron chi connectivity index (χ2n) is 6.57. The molecule has 5 nitrogen and oxygen atoms in total. The topological polar surface area (TPSA) is 48.0 Å². The van der Waals surface area contributed by atoms with E-state index < -0.39 is 12.8 Å². The van der Waals surface area contributed by atoms with Gasteiger partial charge in [-0.1, -0.05) is 24.3 Å².